The average Bonchev–Trinajstić information content (AvgIpc) is 2.96. The molecule has 1 heterocycles. The fourth-order valence-electron chi connectivity index (χ4n) is 1.71. The van der Waals surface area contributed by atoms with Gasteiger partial charge in [0.2, 0.25) is 5.91 Å². The maximum atomic E-state index is 12.9. The van der Waals surface area contributed by atoms with E-state index >= 15 is 0 Å². The maximum Gasteiger partial charge on any atom is 0.279 e. The Labute approximate surface area is 126 Å². The van der Waals surface area contributed by atoms with Crippen molar-refractivity contribution in [1.82, 2.24) is 10.9 Å². The minimum atomic E-state index is -0.363. The van der Waals surface area contributed by atoms with Crippen LogP contribution in [0.4, 0.5) is 4.39 Å². The molecule has 0 bridgehead atoms. The summed E-state index contributed by atoms with van der Waals surface area (Å²) in [6.07, 6.45) is 1.08. The van der Waals surface area contributed by atoms with Crippen molar-refractivity contribution in [3.63, 3.8) is 0 Å². The lowest BCUT2D eigenvalue weighted by Gasteiger charge is -2.04. The number of carbonyl (C=O) groups is 2. The summed E-state index contributed by atoms with van der Waals surface area (Å²) in [5.41, 5.74) is 5.57. The largest absolute Gasteiger partial charge is 0.279 e. The lowest BCUT2D eigenvalue weighted by atomic mass is 10.2. The summed E-state index contributed by atoms with van der Waals surface area (Å²) in [5.74, 6) is -0.883. The number of thiophene rings is 1. The van der Waals surface area contributed by atoms with Gasteiger partial charge in [0.15, 0.2) is 0 Å². The van der Waals surface area contributed by atoms with Crippen molar-refractivity contribution in [3.05, 3.63) is 47.1 Å². The van der Waals surface area contributed by atoms with Crippen molar-refractivity contribution in [2.45, 2.75) is 19.8 Å². The first-order valence-corrected chi connectivity index (χ1v) is 7.36. The monoisotopic (exact) mass is 306 g/mol. The number of rotatable bonds is 4. The maximum absolute atomic E-state index is 12.9. The molecule has 0 radical (unpaired) electrons. The van der Waals surface area contributed by atoms with Crippen LogP contribution in [0.2, 0.25) is 0 Å². The average molecular weight is 306 g/mol. The fraction of sp³-hybridized carbons (Fsp3) is 0.200. The Morgan fingerprint density at radius 3 is 2.48 bits per heavy atom. The van der Waals surface area contributed by atoms with E-state index in [4.69, 9.17) is 0 Å². The summed E-state index contributed by atoms with van der Waals surface area (Å²) in [6.45, 7) is 1.88. The molecule has 0 fully saturated rings. The Bertz CT molecular complexity index is 637. The van der Waals surface area contributed by atoms with Crippen LogP contribution < -0.4 is 10.9 Å². The minimum Gasteiger partial charge on any atom is -0.273 e. The summed E-state index contributed by atoms with van der Waals surface area (Å²) >= 11 is 1.28. The number of nitrogens with one attached hydrogen (secondary N) is 2. The first kappa shape index (κ1) is 15.2. The van der Waals surface area contributed by atoms with Crippen LogP contribution in [0.5, 0.6) is 0 Å². The quantitative estimate of drug-likeness (QED) is 0.853. The lowest BCUT2D eigenvalue weighted by molar-refractivity contribution is -0.121. The van der Waals surface area contributed by atoms with E-state index in [1.54, 1.807) is 24.3 Å². The molecule has 0 unspecified atom stereocenters. The number of benzene rings is 1. The van der Waals surface area contributed by atoms with E-state index in [1.807, 2.05) is 6.92 Å². The van der Waals surface area contributed by atoms with Crippen molar-refractivity contribution in [2.75, 3.05) is 0 Å². The highest BCUT2D eigenvalue weighted by Crippen LogP contribution is 2.28. The molecule has 21 heavy (non-hydrogen) atoms. The number of hydrogen-bond donors (Lipinski definition) is 2. The molecule has 6 heteroatoms. The molecule has 1 aromatic carbocycles. The highest BCUT2D eigenvalue weighted by atomic mass is 32.1. The van der Waals surface area contributed by atoms with Crippen molar-refractivity contribution in [1.29, 1.82) is 0 Å². The van der Waals surface area contributed by atoms with Crippen molar-refractivity contribution in [2.24, 2.45) is 0 Å². The molecule has 110 valence electrons. The molecule has 2 aromatic rings. The standard InChI is InChI=1S/C15H15FN2O2S/c1-2-3-14(19)17-18-15(20)13-9-8-12(21-13)10-4-6-11(16)7-5-10/h4-9H,2-3H2,1H3,(H,17,19)(H,18,20). The molecular formula is C15H15FN2O2S. The smallest absolute Gasteiger partial charge is 0.273 e. The zero-order chi connectivity index (χ0) is 15.2. The molecular weight excluding hydrogens is 291 g/mol. The summed E-state index contributed by atoms with van der Waals surface area (Å²) < 4.78 is 12.9. The zero-order valence-corrected chi connectivity index (χ0v) is 12.3. The van der Waals surface area contributed by atoms with E-state index in [0.717, 1.165) is 16.9 Å². The second kappa shape index (κ2) is 6.99. The minimum absolute atomic E-state index is 0.221. The van der Waals surface area contributed by atoms with E-state index < -0.39 is 0 Å². The van der Waals surface area contributed by atoms with Crippen LogP contribution in [0.25, 0.3) is 10.4 Å². The van der Waals surface area contributed by atoms with Crippen LogP contribution in [0.3, 0.4) is 0 Å². The molecule has 0 spiro atoms. The molecule has 0 saturated carbocycles. The van der Waals surface area contributed by atoms with Gasteiger partial charge in [0.1, 0.15) is 5.82 Å². The van der Waals surface area contributed by atoms with Crippen LogP contribution in [0.15, 0.2) is 36.4 Å². The predicted molar refractivity (Wildman–Crippen MR) is 80.2 cm³/mol. The third-order valence-corrected chi connectivity index (χ3v) is 3.88. The normalized spacial score (nSPS) is 10.2. The molecule has 2 amide bonds. The van der Waals surface area contributed by atoms with Crippen molar-refractivity contribution < 1.29 is 14.0 Å². The summed E-state index contributed by atoms with van der Waals surface area (Å²) in [5, 5.41) is 0. The van der Waals surface area contributed by atoms with E-state index in [0.29, 0.717) is 11.3 Å². The Kier molecular flexibility index (Phi) is 5.05. The number of hydrazine groups is 1. The third kappa shape index (κ3) is 4.13. The molecule has 2 rings (SSSR count). The van der Waals surface area contributed by atoms with Crippen molar-refractivity contribution >= 4 is 23.2 Å². The van der Waals surface area contributed by atoms with Gasteiger partial charge in [-0.15, -0.1) is 11.3 Å². The number of amides is 2. The molecule has 0 aliphatic heterocycles. The Morgan fingerprint density at radius 2 is 1.81 bits per heavy atom. The van der Waals surface area contributed by atoms with Crippen LogP contribution in [0.1, 0.15) is 29.4 Å². The summed E-state index contributed by atoms with van der Waals surface area (Å²) in [4.78, 5) is 24.5. The first-order chi connectivity index (χ1) is 10.1. The van der Waals surface area contributed by atoms with Gasteiger partial charge in [0, 0.05) is 11.3 Å². The van der Waals surface area contributed by atoms with Crippen LogP contribution in [-0.2, 0) is 4.79 Å². The molecule has 0 aliphatic carbocycles. The van der Waals surface area contributed by atoms with Gasteiger partial charge in [-0.25, -0.2) is 4.39 Å². The van der Waals surface area contributed by atoms with Gasteiger partial charge in [-0.3, -0.25) is 20.4 Å². The number of carbonyl (C=O) groups excluding carboxylic acids is 2. The van der Waals surface area contributed by atoms with Gasteiger partial charge in [-0.2, -0.15) is 0 Å². The lowest BCUT2D eigenvalue weighted by Crippen LogP contribution is -2.41. The highest BCUT2D eigenvalue weighted by Gasteiger charge is 2.11. The van der Waals surface area contributed by atoms with Crippen LogP contribution in [0, 0.1) is 5.82 Å². The second-order valence-corrected chi connectivity index (χ2v) is 5.51. The summed E-state index contributed by atoms with van der Waals surface area (Å²) in [6, 6.07) is 9.53. The Morgan fingerprint density at radius 1 is 1.10 bits per heavy atom. The van der Waals surface area contributed by atoms with Gasteiger partial charge in [-0.05, 0) is 36.2 Å². The second-order valence-electron chi connectivity index (χ2n) is 4.42. The van der Waals surface area contributed by atoms with E-state index in [2.05, 4.69) is 10.9 Å². The molecule has 1 aromatic heterocycles. The van der Waals surface area contributed by atoms with Gasteiger partial charge in [0.25, 0.3) is 5.91 Å². The summed E-state index contributed by atoms with van der Waals surface area (Å²) in [7, 11) is 0. The first-order valence-electron chi connectivity index (χ1n) is 6.55. The molecule has 0 saturated heterocycles. The van der Waals surface area contributed by atoms with Crippen LogP contribution >= 0.6 is 11.3 Å². The van der Waals surface area contributed by atoms with Gasteiger partial charge in [-0.1, -0.05) is 19.1 Å². The van der Waals surface area contributed by atoms with Gasteiger partial charge >= 0.3 is 0 Å². The Balaban J connectivity index is 2.00. The fourth-order valence-corrected chi connectivity index (χ4v) is 2.61. The van der Waals surface area contributed by atoms with E-state index in [1.165, 1.54) is 23.5 Å². The van der Waals surface area contributed by atoms with Crippen molar-refractivity contribution in [3.8, 4) is 10.4 Å². The molecule has 0 atom stereocenters. The Hall–Kier alpha value is -2.21. The molecule has 4 nitrogen and oxygen atoms in total. The van der Waals surface area contributed by atoms with E-state index in [-0.39, 0.29) is 17.6 Å². The van der Waals surface area contributed by atoms with Crippen LogP contribution in [-0.4, -0.2) is 11.8 Å². The third-order valence-electron chi connectivity index (χ3n) is 2.75. The molecule has 2 N–H and O–H groups in total. The predicted octanol–water partition coefficient (Wildman–Crippen LogP) is 3.12. The molecule has 0 aliphatic rings. The highest BCUT2D eigenvalue weighted by molar-refractivity contribution is 7.17. The van der Waals surface area contributed by atoms with E-state index in [9.17, 15) is 14.0 Å². The van der Waals surface area contributed by atoms with Gasteiger partial charge < -0.3 is 0 Å². The zero-order valence-electron chi connectivity index (χ0n) is 11.5. The van der Waals surface area contributed by atoms with Gasteiger partial charge in [0.05, 0.1) is 4.88 Å². The SMILES string of the molecule is CCCC(=O)NNC(=O)c1ccc(-c2ccc(F)cc2)s1. The topological polar surface area (TPSA) is 58.2 Å². The number of hydrogen-bond acceptors (Lipinski definition) is 3. The number of halogens is 1.